The van der Waals surface area contributed by atoms with Gasteiger partial charge in [0.05, 0.1) is 20.8 Å². The topological polar surface area (TPSA) is 165 Å². The van der Waals surface area contributed by atoms with Crippen molar-refractivity contribution in [3.05, 3.63) is 72.3 Å². The van der Waals surface area contributed by atoms with Crippen molar-refractivity contribution in [2.24, 2.45) is 0 Å². The summed E-state index contributed by atoms with van der Waals surface area (Å²) >= 11 is 0. The Morgan fingerprint density at radius 1 is 0.808 bits per heavy atom. The second-order valence-electron chi connectivity index (χ2n) is 4.85. The second kappa shape index (κ2) is 7.21. The van der Waals surface area contributed by atoms with E-state index in [9.17, 15) is 35.1 Å². The molecular weight excluding hydrogens is 354 g/mol. The highest BCUT2D eigenvalue weighted by Gasteiger charge is 2.25. The molecule has 26 heavy (non-hydrogen) atoms. The summed E-state index contributed by atoms with van der Waals surface area (Å²) in [5, 5.41) is 32.6. The van der Waals surface area contributed by atoms with Crippen LogP contribution in [0.5, 0.6) is 11.5 Å². The molecule has 0 aliphatic heterocycles. The number of aryl methyl sites for hydroxylation is 1. The Balaban J connectivity index is 2.27. The van der Waals surface area contributed by atoms with Crippen LogP contribution in [0.1, 0.15) is 5.56 Å². The van der Waals surface area contributed by atoms with Gasteiger partial charge in [-0.1, -0.05) is 6.07 Å². The number of benzene rings is 2. The molecule has 0 aliphatic rings. The summed E-state index contributed by atoms with van der Waals surface area (Å²) in [4.78, 5) is 41.8. The van der Waals surface area contributed by atoms with Crippen molar-refractivity contribution in [3.63, 3.8) is 0 Å². The van der Waals surface area contributed by atoms with Crippen LogP contribution in [0.2, 0.25) is 0 Å². The van der Waals surface area contributed by atoms with Gasteiger partial charge in [-0.2, -0.15) is 0 Å². The molecule has 0 aromatic heterocycles. The Bertz CT molecular complexity index is 926. The van der Waals surface area contributed by atoms with Crippen LogP contribution in [0, 0.1) is 37.3 Å². The van der Waals surface area contributed by atoms with E-state index < -0.39 is 49.5 Å². The molecule has 0 saturated heterocycles. The van der Waals surface area contributed by atoms with Crippen LogP contribution in [0.4, 0.5) is 21.9 Å². The highest BCUT2D eigenvalue weighted by molar-refractivity contribution is 5.71. The molecular formula is C14H9N3O9. The number of nitro groups is 3. The van der Waals surface area contributed by atoms with Crippen molar-refractivity contribution in [1.29, 1.82) is 0 Å². The van der Waals surface area contributed by atoms with Crippen molar-refractivity contribution >= 4 is 23.2 Å². The monoisotopic (exact) mass is 363 g/mol. The average Bonchev–Trinajstić information content (AvgIpc) is 2.56. The fourth-order valence-electron chi connectivity index (χ4n) is 1.91. The molecule has 12 heteroatoms. The van der Waals surface area contributed by atoms with Gasteiger partial charge in [0.2, 0.25) is 11.5 Å². The van der Waals surface area contributed by atoms with Gasteiger partial charge in [-0.25, -0.2) is 4.79 Å². The van der Waals surface area contributed by atoms with Crippen molar-refractivity contribution in [2.45, 2.75) is 6.92 Å². The fourth-order valence-corrected chi connectivity index (χ4v) is 1.91. The van der Waals surface area contributed by atoms with Gasteiger partial charge < -0.3 is 9.47 Å². The summed E-state index contributed by atoms with van der Waals surface area (Å²) in [7, 11) is 0. The first-order chi connectivity index (χ1) is 12.2. The average molecular weight is 363 g/mol. The molecule has 0 saturated carbocycles. The Morgan fingerprint density at radius 2 is 1.31 bits per heavy atom. The van der Waals surface area contributed by atoms with Crippen LogP contribution in [0.25, 0.3) is 0 Å². The third-order valence-electron chi connectivity index (χ3n) is 3.05. The number of ether oxygens (including phenoxy) is 2. The maximum absolute atomic E-state index is 11.8. The Hall–Kier alpha value is -4.09. The third kappa shape index (κ3) is 4.05. The Morgan fingerprint density at radius 3 is 1.81 bits per heavy atom. The van der Waals surface area contributed by atoms with Crippen molar-refractivity contribution in [3.8, 4) is 11.5 Å². The number of hydrogen-bond donors (Lipinski definition) is 0. The summed E-state index contributed by atoms with van der Waals surface area (Å²) in [5.41, 5.74) is -1.37. The van der Waals surface area contributed by atoms with E-state index in [-0.39, 0.29) is 0 Å². The predicted molar refractivity (Wildman–Crippen MR) is 84.2 cm³/mol. The highest BCUT2D eigenvalue weighted by Crippen LogP contribution is 2.32. The number of carbonyl (C=O) groups excluding carboxylic acids is 1. The van der Waals surface area contributed by atoms with Crippen LogP contribution in [0.3, 0.4) is 0 Å². The molecule has 0 spiro atoms. The smallest absolute Gasteiger partial charge is 0.387 e. The van der Waals surface area contributed by atoms with Gasteiger partial charge in [-0.3, -0.25) is 30.3 Å². The first kappa shape index (κ1) is 18.3. The number of nitro benzene ring substituents is 3. The van der Waals surface area contributed by atoms with E-state index in [0.29, 0.717) is 11.6 Å². The SMILES string of the molecule is Cc1ccc(OC(=O)Oc2ccc([N+](=O)[O-])cc2[N+](=O)[O-])c([N+](=O)[O-])c1. The molecule has 2 aromatic carbocycles. The van der Waals surface area contributed by atoms with Gasteiger partial charge in [0.25, 0.3) is 5.69 Å². The molecule has 0 radical (unpaired) electrons. The molecule has 12 nitrogen and oxygen atoms in total. The summed E-state index contributed by atoms with van der Waals surface area (Å²) in [6.45, 7) is 1.59. The lowest BCUT2D eigenvalue weighted by Gasteiger charge is -2.07. The highest BCUT2D eigenvalue weighted by atomic mass is 16.7. The normalized spacial score (nSPS) is 10.0. The van der Waals surface area contributed by atoms with E-state index in [1.807, 2.05) is 0 Å². The third-order valence-corrected chi connectivity index (χ3v) is 3.05. The van der Waals surface area contributed by atoms with Gasteiger partial charge in [-0.15, -0.1) is 0 Å². The second-order valence-corrected chi connectivity index (χ2v) is 4.85. The van der Waals surface area contributed by atoms with E-state index >= 15 is 0 Å². The molecule has 0 unspecified atom stereocenters. The minimum Gasteiger partial charge on any atom is -0.387 e. The van der Waals surface area contributed by atoms with E-state index in [1.54, 1.807) is 6.92 Å². The van der Waals surface area contributed by atoms with Crippen molar-refractivity contribution in [2.75, 3.05) is 0 Å². The van der Waals surface area contributed by atoms with Crippen molar-refractivity contribution in [1.82, 2.24) is 0 Å². The quantitative estimate of drug-likeness (QED) is 0.335. The van der Waals surface area contributed by atoms with Crippen LogP contribution in [-0.2, 0) is 0 Å². The van der Waals surface area contributed by atoms with Crippen LogP contribution in [-0.4, -0.2) is 20.9 Å². The summed E-state index contributed by atoms with van der Waals surface area (Å²) in [5.74, 6) is -1.03. The lowest BCUT2D eigenvalue weighted by atomic mass is 10.2. The standard InChI is InChI=1S/C14H9N3O9/c1-8-2-4-12(10(6-8)16(21)22)25-14(18)26-13-5-3-9(15(19)20)7-11(13)17(23)24/h2-7H,1H3. The Kier molecular flexibility index (Phi) is 5.06. The molecule has 0 bridgehead atoms. The van der Waals surface area contributed by atoms with Crippen LogP contribution >= 0.6 is 0 Å². The predicted octanol–water partition coefficient (Wildman–Crippen LogP) is 3.30. The fraction of sp³-hybridized carbons (Fsp3) is 0.0714. The van der Waals surface area contributed by atoms with Crippen molar-refractivity contribution < 1.29 is 29.0 Å². The maximum Gasteiger partial charge on any atom is 0.519 e. The number of carbonyl (C=O) groups is 1. The molecule has 0 aliphatic carbocycles. The Labute approximate surface area is 144 Å². The van der Waals surface area contributed by atoms with Gasteiger partial charge >= 0.3 is 17.5 Å². The van der Waals surface area contributed by atoms with Gasteiger partial charge in [0.1, 0.15) is 0 Å². The van der Waals surface area contributed by atoms with Gasteiger partial charge in [0, 0.05) is 12.1 Å². The lowest BCUT2D eigenvalue weighted by molar-refractivity contribution is -0.394. The lowest BCUT2D eigenvalue weighted by Crippen LogP contribution is -2.15. The number of nitrogens with zero attached hydrogens (tertiary/aromatic N) is 3. The number of rotatable bonds is 5. The summed E-state index contributed by atoms with van der Waals surface area (Å²) in [6.07, 6.45) is -1.48. The molecule has 0 heterocycles. The summed E-state index contributed by atoms with van der Waals surface area (Å²) in [6, 6.07) is 6.13. The minimum atomic E-state index is -1.48. The van der Waals surface area contributed by atoms with E-state index in [4.69, 9.17) is 4.74 Å². The largest absolute Gasteiger partial charge is 0.519 e. The van der Waals surface area contributed by atoms with Crippen LogP contribution < -0.4 is 9.47 Å². The van der Waals surface area contributed by atoms with E-state index in [0.717, 1.165) is 18.2 Å². The zero-order valence-corrected chi connectivity index (χ0v) is 13.0. The molecule has 0 amide bonds. The molecule has 0 atom stereocenters. The molecule has 0 N–H and O–H groups in total. The summed E-state index contributed by atoms with van der Waals surface area (Å²) < 4.78 is 9.38. The first-order valence-electron chi connectivity index (χ1n) is 6.76. The molecule has 2 aromatic rings. The number of non-ortho nitro benzene ring substituents is 1. The zero-order valence-electron chi connectivity index (χ0n) is 13.0. The van der Waals surface area contributed by atoms with Gasteiger partial charge in [-0.05, 0) is 24.6 Å². The molecule has 134 valence electrons. The molecule has 2 rings (SSSR count). The molecule has 0 fully saturated rings. The van der Waals surface area contributed by atoms with Crippen LogP contribution in [0.15, 0.2) is 36.4 Å². The first-order valence-corrected chi connectivity index (χ1v) is 6.76. The van der Waals surface area contributed by atoms with E-state index in [1.165, 1.54) is 12.1 Å². The van der Waals surface area contributed by atoms with Gasteiger partial charge in [0.15, 0.2) is 0 Å². The zero-order chi connectivity index (χ0) is 19.4. The van der Waals surface area contributed by atoms with E-state index in [2.05, 4.69) is 4.74 Å². The number of hydrogen-bond acceptors (Lipinski definition) is 9. The minimum absolute atomic E-state index is 0.421. The maximum atomic E-state index is 11.8.